The molecule has 2 amide bonds. The molecule has 2 unspecified atom stereocenters. The number of halogens is 1. The second-order valence-electron chi connectivity index (χ2n) is 4.63. The molecule has 0 bridgehead atoms. The van der Waals surface area contributed by atoms with Gasteiger partial charge in [-0.3, -0.25) is 9.59 Å². The fourth-order valence-electron chi connectivity index (χ4n) is 2.06. The Balaban J connectivity index is 2.27. The molecule has 1 aromatic carbocycles. The van der Waals surface area contributed by atoms with Crippen LogP contribution >= 0.6 is 0 Å². The number of carbonyl (C=O) groups excluding carboxylic acids is 2. The normalized spacial score (nSPS) is 19.3. The van der Waals surface area contributed by atoms with Crippen LogP contribution in [0.3, 0.4) is 0 Å². The van der Waals surface area contributed by atoms with Crippen molar-refractivity contribution in [3.63, 3.8) is 0 Å². The van der Waals surface area contributed by atoms with E-state index in [2.05, 4.69) is 10.6 Å². The Morgan fingerprint density at radius 3 is 3.05 bits per heavy atom. The molecule has 3 N–H and O–H groups in total. The van der Waals surface area contributed by atoms with Crippen molar-refractivity contribution >= 4 is 17.5 Å². The van der Waals surface area contributed by atoms with E-state index >= 15 is 0 Å². The number of carbonyl (C=O) groups is 2. The summed E-state index contributed by atoms with van der Waals surface area (Å²) in [6.45, 7) is 1.48. The molecule has 0 saturated carbocycles. The lowest BCUT2D eigenvalue weighted by Gasteiger charge is -2.25. The van der Waals surface area contributed by atoms with Gasteiger partial charge in [-0.15, -0.1) is 0 Å². The second kappa shape index (κ2) is 5.36. The van der Waals surface area contributed by atoms with Gasteiger partial charge >= 0.3 is 0 Å². The van der Waals surface area contributed by atoms with E-state index in [1.807, 2.05) is 0 Å². The number of hydrogen-bond donors (Lipinski definition) is 3. The van der Waals surface area contributed by atoms with Crippen LogP contribution in [0.15, 0.2) is 18.2 Å². The standard InChI is InChI=1S/C13H15FN2O3/c1-7(6-17)15-13(19)10-5-12(18)16-11-4-8(14)2-3-9(10)11/h2-4,7,10,17H,5-6H2,1H3,(H,15,19)(H,16,18). The molecule has 2 rings (SSSR count). The number of anilines is 1. The molecule has 2 atom stereocenters. The van der Waals surface area contributed by atoms with Crippen LogP contribution in [0.2, 0.25) is 0 Å². The Bertz CT molecular complexity index is 519. The highest BCUT2D eigenvalue weighted by Crippen LogP contribution is 2.32. The molecule has 1 aliphatic rings. The van der Waals surface area contributed by atoms with Crippen molar-refractivity contribution < 1.29 is 19.1 Å². The lowest BCUT2D eigenvalue weighted by molar-refractivity contribution is -0.127. The van der Waals surface area contributed by atoms with Gasteiger partial charge in [0.1, 0.15) is 5.82 Å². The molecule has 102 valence electrons. The first kappa shape index (κ1) is 13.5. The fourth-order valence-corrected chi connectivity index (χ4v) is 2.06. The number of benzene rings is 1. The van der Waals surface area contributed by atoms with Crippen molar-refractivity contribution in [2.24, 2.45) is 0 Å². The van der Waals surface area contributed by atoms with Crippen LogP contribution in [-0.4, -0.2) is 29.6 Å². The second-order valence-corrected chi connectivity index (χ2v) is 4.63. The summed E-state index contributed by atoms with van der Waals surface area (Å²) in [5.74, 6) is -1.79. The Morgan fingerprint density at radius 2 is 2.37 bits per heavy atom. The van der Waals surface area contributed by atoms with Gasteiger partial charge in [-0.25, -0.2) is 4.39 Å². The number of fused-ring (bicyclic) bond motifs is 1. The molecule has 0 fully saturated rings. The van der Waals surface area contributed by atoms with Crippen LogP contribution in [0.4, 0.5) is 10.1 Å². The molecule has 19 heavy (non-hydrogen) atoms. The highest BCUT2D eigenvalue weighted by Gasteiger charge is 2.31. The first-order valence-corrected chi connectivity index (χ1v) is 6.01. The number of nitrogens with one attached hydrogen (secondary N) is 2. The monoisotopic (exact) mass is 266 g/mol. The van der Waals surface area contributed by atoms with Gasteiger partial charge in [-0.1, -0.05) is 6.07 Å². The van der Waals surface area contributed by atoms with Crippen molar-refractivity contribution in [3.8, 4) is 0 Å². The summed E-state index contributed by atoms with van der Waals surface area (Å²) in [4.78, 5) is 23.6. The molecule has 1 aliphatic heterocycles. The summed E-state index contributed by atoms with van der Waals surface area (Å²) < 4.78 is 13.1. The van der Waals surface area contributed by atoms with Gasteiger partial charge in [0.15, 0.2) is 0 Å². The average molecular weight is 266 g/mol. The topological polar surface area (TPSA) is 78.4 Å². The number of aliphatic hydroxyl groups excluding tert-OH is 1. The third-order valence-electron chi connectivity index (χ3n) is 3.03. The molecular formula is C13H15FN2O3. The predicted octanol–water partition coefficient (Wildman–Crippen LogP) is 0.748. The average Bonchev–Trinajstić information content (AvgIpc) is 2.36. The van der Waals surface area contributed by atoms with E-state index in [0.29, 0.717) is 11.3 Å². The van der Waals surface area contributed by atoms with Gasteiger partial charge in [0.05, 0.1) is 12.5 Å². The largest absolute Gasteiger partial charge is 0.394 e. The van der Waals surface area contributed by atoms with Gasteiger partial charge in [0.2, 0.25) is 11.8 Å². The Kier molecular flexibility index (Phi) is 3.80. The number of amides is 2. The van der Waals surface area contributed by atoms with Crippen LogP contribution < -0.4 is 10.6 Å². The SMILES string of the molecule is CC(CO)NC(=O)C1CC(=O)Nc2cc(F)ccc21. The van der Waals surface area contributed by atoms with Crippen molar-refractivity contribution in [2.45, 2.75) is 25.3 Å². The van der Waals surface area contributed by atoms with E-state index in [-0.39, 0.29) is 30.9 Å². The summed E-state index contributed by atoms with van der Waals surface area (Å²) in [6.07, 6.45) is 0.0165. The van der Waals surface area contributed by atoms with Crippen molar-refractivity contribution in [3.05, 3.63) is 29.6 Å². The van der Waals surface area contributed by atoms with Crippen molar-refractivity contribution in [2.75, 3.05) is 11.9 Å². The maximum Gasteiger partial charge on any atom is 0.228 e. The van der Waals surface area contributed by atoms with Crippen LogP contribution in [0.5, 0.6) is 0 Å². The van der Waals surface area contributed by atoms with E-state index in [1.165, 1.54) is 18.2 Å². The summed E-state index contributed by atoms with van der Waals surface area (Å²) in [5.41, 5.74) is 0.914. The lowest BCUT2D eigenvalue weighted by atomic mass is 9.89. The Hall–Kier alpha value is -1.95. The molecule has 0 aliphatic carbocycles. The zero-order valence-electron chi connectivity index (χ0n) is 10.4. The van der Waals surface area contributed by atoms with Gasteiger partial charge in [-0.2, -0.15) is 0 Å². The summed E-state index contributed by atoms with van der Waals surface area (Å²) in [5, 5.41) is 14.1. The first-order chi connectivity index (χ1) is 9.01. The van der Waals surface area contributed by atoms with E-state index in [1.54, 1.807) is 6.92 Å². The van der Waals surface area contributed by atoms with Crippen LogP contribution in [0.25, 0.3) is 0 Å². The third-order valence-corrected chi connectivity index (χ3v) is 3.03. The zero-order chi connectivity index (χ0) is 14.0. The number of aliphatic hydroxyl groups is 1. The van der Waals surface area contributed by atoms with Gasteiger partial charge < -0.3 is 15.7 Å². The fraction of sp³-hybridized carbons (Fsp3) is 0.385. The zero-order valence-corrected chi connectivity index (χ0v) is 10.4. The minimum absolute atomic E-state index is 0.0165. The van der Waals surface area contributed by atoms with Crippen LogP contribution in [0, 0.1) is 5.82 Å². The van der Waals surface area contributed by atoms with Crippen molar-refractivity contribution in [1.29, 1.82) is 0 Å². The van der Waals surface area contributed by atoms with Crippen molar-refractivity contribution in [1.82, 2.24) is 5.32 Å². The number of rotatable bonds is 3. The Labute approximate surface area is 109 Å². The molecule has 0 radical (unpaired) electrons. The molecule has 0 aromatic heterocycles. The van der Waals surface area contributed by atoms with Crippen LogP contribution in [-0.2, 0) is 9.59 Å². The summed E-state index contributed by atoms with van der Waals surface area (Å²) in [6, 6.07) is 3.56. The minimum Gasteiger partial charge on any atom is -0.394 e. The van der Waals surface area contributed by atoms with Gasteiger partial charge in [0.25, 0.3) is 0 Å². The molecule has 1 aromatic rings. The van der Waals surface area contributed by atoms with Gasteiger partial charge in [-0.05, 0) is 24.6 Å². The number of hydrogen-bond acceptors (Lipinski definition) is 3. The molecule has 5 nitrogen and oxygen atoms in total. The molecule has 1 heterocycles. The van der Waals surface area contributed by atoms with E-state index < -0.39 is 11.7 Å². The predicted molar refractivity (Wildman–Crippen MR) is 67.1 cm³/mol. The maximum atomic E-state index is 13.1. The quantitative estimate of drug-likeness (QED) is 0.755. The molecular weight excluding hydrogens is 251 g/mol. The maximum absolute atomic E-state index is 13.1. The minimum atomic E-state index is -0.654. The summed E-state index contributed by atoms with van der Waals surface area (Å²) in [7, 11) is 0. The highest BCUT2D eigenvalue weighted by molar-refractivity contribution is 6.01. The lowest BCUT2D eigenvalue weighted by Crippen LogP contribution is -2.40. The van der Waals surface area contributed by atoms with Crippen LogP contribution in [0.1, 0.15) is 24.8 Å². The van der Waals surface area contributed by atoms with E-state index in [4.69, 9.17) is 5.11 Å². The highest BCUT2D eigenvalue weighted by atomic mass is 19.1. The van der Waals surface area contributed by atoms with E-state index in [0.717, 1.165) is 0 Å². The third kappa shape index (κ3) is 2.90. The van der Waals surface area contributed by atoms with E-state index in [9.17, 15) is 14.0 Å². The Morgan fingerprint density at radius 1 is 1.63 bits per heavy atom. The molecule has 0 saturated heterocycles. The molecule has 6 heteroatoms. The first-order valence-electron chi connectivity index (χ1n) is 6.01. The van der Waals surface area contributed by atoms with Gasteiger partial charge in [0, 0.05) is 18.2 Å². The smallest absolute Gasteiger partial charge is 0.228 e. The molecule has 0 spiro atoms. The summed E-state index contributed by atoms with van der Waals surface area (Å²) >= 11 is 0.